The van der Waals surface area contributed by atoms with Crippen molar-refractivity contribution in [1.29, 1.82) is 0 Å². The van der Waals surface area contributed by atoms with Crippen LogP contribution in [-0.2, 0) is 6.54 Å². The van der Waals surface area contributed by atoms with Crippen molar-refractivity contribution < 1.29 is 4.39 Å². The minimum Gasteiger partial charge on any atom is -0.329 e. The van der Waals surface area contributed by atoms with Crippen LogP contribution in [0.25, 0.3) is 0 Å². The fourth-order valence-electron chi connectivity index (χ4n) is 2.33. The SMILES string of the molecule is CN(Cc1ccccc1)C(CN)c1c(F)cccc1Cl. The van der Waals surface area contributed by atoms with Gasteiger partial charge < -0.3 is 5.73 Å². The van der Waals surface area contributed by atoms with E-state index in [-0.39, 0.29) is 11.9 Å². The molecule has 0 saturated carbocycles. The maximum absolute atomic E-state index is 14.0. The molecule has 0 saturated heterocycles. The number of hydrogen-bond donors (Lipinski definition) is 1. The van der Waals surface area contributed by atoms with Gasteiger partial charge in [-0.2, -0.15) is 0 Å². The summed E-state index contributed by atoms with van der Waals surface area (Å²) in [7, 11) is 1.92. The smallest absolute Gasteiger partial charge is 0.129 e. The van der Waals surface area contributed by atoms with E-state index in [2.05, 4.69) is 0 Å². The van der Waals surface area contributed by atoms with Crippen LogP contribution in [0.1, 0.15) is 17.2 Å². The van der Waals surface area contributed by atoms with Gasteiger partial charge in [-0.15, -0.1) is 0 Å². The molecule has 2 N–H and O–H groups in total. The molecule has 20 heavy (non-hydrogen) atoms. The number of likely N-dealkylation sites (N-methyl/N-ethyl adjacent to an activating group) is 1. The average Bonchev–Trinajstić information content (AvgIpc) is 2.44. The van der Waals surface area contributed by atoms with Gasteiger partial charge >= 0.3 is 0 Å². The van der Waals surface area contributed by atoms with Gasteiger partial charge in [0.05, 0.1) is 6.04 Å². The summed E-state index contributed by atoms with van der Waals surface area (Å²) in [6, 6.07) is 14.5. The summed E-state index contributed by atoms with van der Waals surface area (Å²) >= 11 is 6.13. The quantitative estimate of drug-likeness (QED) is 0.912. The Bertz CT molecular complexity index is 539. The zero-order valence-electron chi connectivity index (χ0n) is 11.4. The van der Waals surface area contributed by atoms with Crippen LogP contribution in [0.15, 0.2) is 48.5 Å². The van der Waals surface area contributed by atoms with Crippen molar-refractivity contribution in [2.24, 2.45) is 5.73 Å². The molecule has 4 heteroatoms. The Kier molecular flexibility index (Phi) is 5.12. The van der Waals surface area contributed by atoms with Gasteiger partial charge in [0.15, 0.2) is 0 Å². The summed E-state index contributed by atoms with van der Waals surface area (Å²) in [6.07, 6.45) is 0. The van der Waals surface area contributed by atoms with Crippen molar-refractivity contribution in [3.8, 4) is 0 Å². The maximum atomic E-state index is 14.0. The van der Waals surface area contributed by atoms with Crippen LogP contribution in [0.2, 0.25) is 5.02 Å². The maximum Gasteiger partial charge on any atom is 0.129 e. The van der Waals surface area contributed by atoms with Crippen molar-refractivity contribution in [2.45, 2.75) is 12.6 Å². The highest BCUT2D eigenvalue weighted by Gasteiger charge is 2.21. The number of nitrogens with two attached hydrogens (primary N) is 1. The van der Waals surface area contributed by atoms with E-state index in [1.165, 1.54) is 6.07 Å². The molecule has 106 valence electrons. The lowest BCUT2D eigenvalue weighted by atomic mass is 10.0. The number of benzene rings is 2. The highest BCUT2D eigenvalue weighted by molar-refractivity contribution is 6.31. The van der Waals surface area contributed by atoms with E-state index in [0.29, 0.717) is 23.7 Å². The standard InChI is InChI=1S/C16H18ClFN2/c1-20(11-12-6-3-2-4-7-12)15(10-19)16-13(17)8-5-9-14(16)18/h2-9,15H,10-11,19H2,1H3. The molecule has 2 aromatic rings. The summed E-state index contributed by atoms with van der Waals surface area (Å²) in [6.45, 7) is 0.997. The number of hydrogen-bond acceptors (Lipinski definition) is 2. The van der Waals surface area contributed by atoms with Crippen LogP contribution in [-0.4, -0.2) is 18.5 Å². The van der Waals surface area contributed by atoms with Crippen LogP contribution < -0.4 is 5.73 Å². The summed E-state index contributed by atoms with van der Waals surface area (Å²) in [5.41, 5.74) is 7.45. The van der Waals surface area contributed by atoms with E-state index in [1.54, 1.807) is 12.1 Å². The molecule has 0 spiro atoms. The number of nitrogens with zero attached hydrogens (tertiary/aromatic N) is 1. The van der Waals surface area contributed by atoms with E-state index in [4.69, 9.17) is 17.3 Å². The first-order valence-electron chi connectivity index (χ1n) is 6.51. The third-order valence-corrected chi connectivity index (χ3v) is 3.69. The van der Waals surface area contributed by atoms with Crippen molar-refractivity contribution in [2.75, 3.05) is 13.6 Å². The number of rotatable bonds is 5. The van der Waals surface area contributed by atoms with Crippen molar-refractivity contribution in [3.63, 3.8) is 0 Å². The molecule has 0 radical (unpaired) electrons. The fraction of sp³-hybridized carbons (Fsp3) is 0.250. The third-order valence-electron chi connectivity index (χ3n) is 3.36. The zero-order valence-corrected chi connectivity index (χ0v) is 12.1. The zero-order chi connectivity index (χ0) is 14.5. The highest BCUT2D eigenvalue weighted by Crippen LogP contribution is 2.29. The molecule has 0 fully saturated rings. The van der Waals surface area contributed by atoms with E-state index >= 15 is 0 Å². The molecule has 0 bridgehead atoms. The van der Waals surface area contributed by atoms with Crippen molar-refractivity contribution >= 4 is 11.6 Å². The summed E-state index contributed by atoms with van der Waals surface area (Å²) in [5.74, 6) is -0.312. The van der Waals surface area contributed by atoms with E-state index in [9.17, 15) is 4.39 Å². The lowest BCUT2D eigenvalue weighted by Crippen LogP contribution is -2.31. The van der Waals surface area contributed by atoms with Gasteiger partial charge in [0.1, 0.15) is 5.82 Å². The van der Waals surface area contributed by atoms with Gasteiger partial charge in [-0.1, -0.05) is 48.0 Å². The topological polar surface area (TPSA) is 29.3 Å². The van der Waals surface area contributed by atoms with E-state index < -0.39 is 0 Å². The Morgan fingerprint density at radius 1 is 1.15 bits per heavy atom. The van der Waals surface area contributed by atoms with Crippen molar-refractivity contribution in [3.05, 3.63) is 70.5 Å². The first-order chi connectivity index (χ1) is 9.63. The van der Waals surface area contributed by atoms with Crippen LogP contribution in [0.4, 0.5) is 4.39 Å². The molecule has 0 heterocycles. The van der Waals surface area contributed by atoms with Gasteiger partial charge in [-0.3, -0.25) is 4.90 Å². The molecular formula is C16H18ClFN2. The highest BCUT2D eigenvalue weighted by atomic mass is 35.5. The monoisotopic (exact) mass is 292 g/mol. The lowest BCUT2D eigenvalue weighted by Gasteiger charge is -2.28. The minimum absolute atomic E-state index is 0.246. The van der Waals surface area contributed by atoms with Gasteiger partial charge in [0, 0.05) is 23.7 Å². The van der Waals surface area contributed by atoms with E-state index in [0.717, 1.165) is 5.56 Å². The van der Waals surface area contributed by atoms with Gasteiger partial charge in [-0.25, -0.2) is 4.39 Å². The molecule has 0 aromatic heterocycles. The normalized spacial score (nSPS) is 12.7. The second kappa shape index (κ2) is 6.84. The molecule has 0 aliphatic carbocycles. The predicted molar refractivity (Wildman–Crippen MR) is 81.1 cm³/mol. The Labute approximate surface area is 124 Å². The van der Waals surface area contributed by atoms with Crippen LogP contribution in [0.5, 0.6) is 0 Å². The molecule has 1 unspecified atom stereocenters. The van der Waals surface area contributed by atoms with Gasteiger partial charge in [0.25, 0.3) is 0 Å². The van der Waals surface area contributed by atoms with Gasteiger partial charge in [0.2, 0.25) is 0 Å². The minimum atomic E-state index is -0.312. The molecule has 0 aliphatic heterocycles. The Hall–Kier alpha value is -1.42. The molecule has 0 amide bonds. The fourth-order valence-corrected chi connectivity index (χ4v) is 2.62. The average molecular weight is 293 g/mol. The van der Waals surface area contributed by atoms with Crippen LogP contribution >= 0.6 is 11.6 Å². The Morgan fingerprint density at radius 2 is 1.85 bits per heavy atom. The second-order valence-corrected chi connectivity index (χ2v) is 5.19. The molecule has 2 aromatic carbocycles. The molecular weight excluding hydrogens is 275 g/mol. The molecule has 2 rings (SSSR count). The third kappa shape index (κ3) is 3.37. The first-order valence-corrected chi connectivity index (χ1v) is 6.89. The largest absolute Gasteiger partial charge is 0.329 e. The summed E-state index contributed by atoms with van der Waals surface area (Å²) in [5, 5.41) is 0.417. The summed E-state index contributed by atoms with van der Waals surface area (Å²) in [4.78, 5) is 2.01. The Balaban J connectivity index is 2.24. The lowest BCUT2D eigenvalue weighted by molar-refractivity contribution is 0.237. The van der Waals surface area contributed by atoms with Crippen LogP contribution in [0.3, 0.4) is 0 Å². The Morgan fingerprint density at radius 3 is 2.45 bits per heavy atom. The summed E-state index contributed by atoms with van der Waals surface area (Å²) < 4.78 is 14.0. The number of halogens is 2. The molecule has 1 atom stereocenters. The predicted octanol–water partition coefficient (Wildman–Crippen LogP) is 3.61. The van der Waals surface area contributed by atoms with Crippen molar-refractivity contribution in [1.82, 2.24) is 4.90 Å². The molecule has 0 aliphatic rings. The van der Waals surface area contributed by atoms with Gasteiger partial charge in [-0.05, 0) is 24.7 Å². The second-order valence-electron chi connectivity index (χ2n) is 4.79. The van der Waals surface area contributed by atoms with Crippen LogP contribution in [0, 0.1) is 5.82 Å². The van der Waals surface area contributed by atoms with E-state index in [1.807, 2.05) is 42.3 Å². The first kappa shape index (κ1) is 15.0. The molecule has 2 nitrogen and oxygen atoms in total.